The van der Waals surface area contributed by atoms with E-state index in [1.165, 1.54) is 19.3 Å². The number of Topliss-reactive ketones (excluding diaryl/α,β-unsaturated/α-hetero) is 1. The van der Waals surface area contributed by atoms with E-state index in [2.05, 4.69) is 20.8 Å². The molecule has 142 valence electrons. The lowest BCUT2D eigenvalue weighted by atomic mass is 9.97. The number of ketones is 1. The number of carbonyl (C=O) groups excluding carboxylic acids is 1. The lowest BCUT2D eigenvalue weighted by molar-refractivity contribution is 0.0976. The Morgan fingerprint density at radius 1 is 0.920 bits per heavy atom. The van der Waals surface area contributed by atoms with Gasteiger partial charge in [-0.05, 0) is 37.3 Å². The van der Waals surface area contributed by atoms with Crippen LogP contribution in [0.3, 0.4) is 0 Å². The first kappa shape index (κ1) is 21.5. The minimum Gasteiger partial charge on any atom is -0.507 e. The number of unbranched alkanes of at least 4 members (excludes halogenated alkanes) is 6. The van der Waals surface area contributed by atoms with Crippen LogP contribution in [0, 0.1) is 0 Å². The van der Waals surface area contributed by atoms with Crippen molar-refractivity contribution in [1.82, 2.24) is 0 Å². The number of carbonyl (C=O) groups is 1. The average molecular weight is 349 g/mol. The molecule has 25 heavy (non-hydrogen) atoms. The van der Waals surface area contributed by atoms with Gasteiger partial charge in [-0.25, -0.2) is 0 Å². The highest BCUT2D eigenvalue weighted by atomic mass is 16.5. The lowest BCUT2D eigenvalue weighted by Gasteiger charge is -2.14. The molecule has 0 aliphatic carbocycles. The molecule has 0 bridgehead atoms. The molecule has 0 aliphatic rings. The maximum absolute atomic E-state index is 12.5. The van der Waals surface area contributed by atoms with Crippen molar-refractivity contribution >= 4 is 5.78 Å². The number of phenolic OH excluding ortho intramolecular Hbond substituents is 1. The van der Waals surface area contributed by atoms with Crippen molar-refractivity contribution in [3.63, 3.8) is 0 Å². The van der Waals surface area contributed by atoms with E-state index in [4.69, 9.17) is 4.74 Å². The fourth-order valence-corrected chi connectivity index (χ4v) is 2.97. The Balaban J connectivity index is 2.83. The highest BCUT2D eigenvalue weighted by Crippen LogP contribution is 2.31. The zero-order valence-electron chi connectivity index (χ0n) is 16.4. The van der Waals surface area contributed by atoms with Crippen LogP contribution in [0.2, 0.25) is 0 Å². The second kappa shape index (κ2) is 12.8. The number of aryl methyl sites for hydroxylation is 1. The van der Waals surface area contributed by atoms with Crippen molar-refractivity contribution in [2.75, 3.05) is 6.61 Å². The van der Waals surface area contributed by atoms with E-state index in [1.807, 2.05) is 6.07 Å². The van der Waals surface area contributed by atoms with Crippen LogP contribution in [0.1, 0.15) is 101 Å². The largest absolute Gasteiger partial charge is 0.507 e. The number of hydrogen-bond donors (Lipinski definition) is 1. The highest BCUT2D eigenvalue weighted by Gasteiger charge is 2.16. The first-order valence-electron chi connectivity index (χ1n) is 10.2. The van der Waals surface area contributed by atoms with E-state index in [1.54, 1.807) is 6.07 Å². The summed E-state index contributed by atoms with van der Waals surface area (Å²) in [6.07, 6.45) is 11.3. The third-order valence-electron chi connectivity index (χ3n) is 4.50. The summed E-state index contributed by atoms with van der Waals surface area (Å²) in [4.78, 5) is 12.5. The second-order valence-corrected chi connectivity index (χ2v) is 6.87. The third-order valence-corrected chi connectivity index (χ3v) is 4.50. The predicted octanol–water partition coefficient (Wildman–Crippen LogP) is 6.46. The van der Waals surface area contributed by atoms with Crippen molar-refractivity contribution in [1.29, 1.82) is 0 Å². The Kier molecular flexibility index (Phi) is 11.0. The van der Waals surface area contributed by atoms with Crippen molar-refractivity contribution in [2.45, 2.75) is 91.4 Å². The number of benzene rings is 1. The summed E-state index contributed by atoms with van der Waals surface area (Å²) in [7, 11) is 0. The van der Waals surface area contributed by atoms with Crippen molar-refractivity contribution in [3.8, 4) is 11.5 Å². The van der Waals surface area contributed by atoms with Crippen molar-refractivity contribution < 1.29 is 14.6 Å². The second-order valence-electron chi connectivity index (χ2n) is 6.87. The van der Waals surface area contributed by atoms with E-state index >= 15 is 0 Å². The zero-order valence-corrected chi connectivity index (χ0v) is 16.4. The molecule has 0 heterocycles. The minimum atomic E-state index is 0.0467. The van der Waals surface area contributed by atoms with Gasteiger partial charge in [0.05, 0.1) is 12.2 Å². The first-order chi connectivity index (χ1) is 12.1. The zero-order chi connectivity index (χ0) is 18.5. The Bertz CT molecular complexity index is 508. The molecule has 3 nitrogen and oxygen atoms in total. The van der Waals surface area contributed by atoms with Crippen LogP contribution in [0.15, 0.2) is 12.1 Å². The molecule has 0 spiro atoms. The summed E-state index contributed by atoms with van der Waals surface area (Å²) in [6.45, 7) is 7.06. The van der Waals surface area contributed by atoms with Gasteiger partial charge in [-0.1, -0.05) is 59.3 Å². The Labute approximate surface area is 153 Å². The molecule has 0 aromatic heterocycles. The first-order valence-corrected chi connectivity index (χ1v) is 10.2. The molecule has 3 heteroatoms. The van der Waals surface area contributed by atoms with E-state index in [-0.39, 0.29) is 11.5 Å². The molecule has 0 saturated heterocycles. The van der Waals surface area contributed by atoms with Crippen molar-refractivity contribution in [2.24, 2.45) is 0 Å². The van der Waals surface area contributed by atoms with Crippen LogP contribution in [-0.4, -0.2) is 17.5 Å². The van der Waals surface area contributed by atoms with Gasteiger partial charge in [0.1, 0.15) is 11.5 Å². The van der Waals surface area contributed by atoms with Crippen LogP contribution in [0.4, 0.5) is 0 Å². The summed E-state index contributed by atoms with van der Waals surface area (Å²) in [5, 5.41) is 10.3. The van der Waals surface area contributed by atoms with Crippen LogP contribution < -0.4 is 4.74 Å². The quantitative estimate of drug-likeness (QED) is 0.310. The minimum absolute atomic E-state index is 0.0467. The summed E-state index contributed by atoms with van der Waals surface area (Å²) < 4.78 is 5.80. The Morgan fingerprint density at radius 2 is 1.60 bits per heavy atom. The maximum Gasteiger partial charge on any atom is 0.166 e. The molecule has 0 fully saturated rings. The van der Waals surface area contributed by atoms with Gasteiger partial charge in [0.2, 0.25) is 0 Å². The number of ether oxygens (including phenoxy) is 1. The van der Waals surface area contributed by atoms with E-state index < -0.39 is 0 Å². The van der Waals surface area contributed by atoms with Crippen molar-refractivity contribution in [3.05, 3.63) is 23.3 Å². The molecule has 0 aliphatic heterocycles. The monoisotopic (exact) mass is 348 g/mol. The van der Waals surface area contributed by atoms with Gasteiger partial charge in [-0.15, -0.1) is 0 Å². The maximum atomic E-state index is 12.5. The topological polar surface area (TPSA) is 46.5 Å². The van der Waals surface area contributed by atoms with Crippen LogP contribution in [-0.2, 0) is 6.42 Å². The molecule has 1 aromatic rings. The number of phenols is 1. The van der Waals surface area contributed by atoms with Gasteiger partial charge in [0, 0.05) is 12.5 Å². The summed E-state index contributed by atoms with van der Waals surface area (Å²) >= 11 is 0. The number of aromatic hydroxyl groups is 1. The van der Waals surface area contributed by atoms with Gasteiger partial charge in [0.15, 0.2) is 5.78 Å². The fourth-order valence-electron chi connectivity index (χ4n) is 2.97. The SMILES string of the molecule is CCCCCCC(=O)c1cc(CCCCCC)c(OCCC)cc1O. The van der Waals surface area contributed by atoms with Crippen LogP contribution in [0.25, 0.3) is 0 Å². The Hall–Kier alpha value is -1.51. The molecule has 0 atom stereocenters. The van der Waals surface area contributed by atoms with Gasteiger partial charge < -0.3 is 9.84 Å². The van der Waals surface area contributed by atoms with E-state index in [9.17, 15) is 9.90 Å². The molecule has 0 amide bonds. The average Bonchev–Trinajstić information content (AvgIpc) is 2.61. The van der Waals surface area contributed by atoms with Crippen LogP contribution in [0.5, 0.6) is 11.5 Å². The molecule has 1 N–H and O–H groups in total. The van der Waals surface area contributed by atoms with Gasteiger partial charge in [-0.3, -0.25) is 4.79 Å². The molecule has 0 saturated carbocycles. The van der Waals surface area contributed by atoms with E-state index in [0.717, 1.165) is 56.3 Å². The predicted molar refractivity (Wildman–Crippen MR) is 105 cm³/mol. The fraction of sp³-hybridized carbons (Fsp3) is 0.682. The van der Waals surface area contributed by atoms with Gasteiger partial charge in [-0.2, -0.15) is 0 Å². The third kappa shape index (κ3) is 7.94. The molecular weight excluding hydrogens is 312 g/mol. The molecule has 1 aromatic carbocycles. The smallest absolute Gasteiger partial charge is 0.166 e. The van der Waals surface area contributed by atoms with E-state index in [0.29, 0.717) is 18.6 Å². The molecule has 0 unspecified atom stereocenters. The number of rotatable bonds is 14. The number of hydrogen-bond acceptors (Lipinski definition) is 3. The normalized spacial score (nSPS) is 10.8. The molecule has 0 radical (unpaired) electrons. The molecular formula is C22H36O3. The van der Waals surface area contributed by atoms with Crippen LogP contribution >= 0.6 is 0 Å². The Morgan fingerprint density at radius 3 is 2.24 bits per heavy atom. The summed E-state index contributed by atoms with van der Waals surface area (Å²) in [5.41, 5.74) is 1.52. The summed E-state index contributed by atoms with van der Waals surface area (Å²) in [6, 6.07) is 3.51. The summed E-state index contributed by atoms with van der Waals surface area (Å²) in [5.74, 6) is 0.840. The van der Waals surface area contributed by atoms with Gasteiger partial charge in [0.25, 0.3) is 0 Å². The van der Waals surface area contributed by atoms with Gasteiger partial charge >= 0.3 is 0 Å². The highest BCUT2D eigenvalue weighted by molar-refractivity contribution is 5.99. The standard InChI is InChI=1S/C22H36O3/c1-4-7-9-11-13-18-16-19(20(23)14-12-10-8-5-2)21(24)17-22(18)25-15-6-3/h16-17,24H,4-15H2,1-3H3. The molecule has 1 rings (SSSR count). The lowest BCUT2D eigenvalue weighted by Crippen LogP contribution is -2.04.